The summed E-state index contributed by atoms with van der Waals surface area (Å²) < 4.78 is 0. The molecule has 3 heteroatoms. The maximum Gasteiger partial charge on any atom is 0.129 e. The normalized spacial score (nSPS) is 19.3. The number of anilines is 1. The number of nitrogens with one attached hydrogen (secondary N) is 1. The molecule has 0 bridgehead atoms. The van der Waals surface area contributed by atoms with Gasteiger partial charge in [0.2, 0.25) is 0 Å². The highest BCUT2D eigenvalue weighted by atomic mass is 15.2. The maximum atomic E-state index is 4.96. The molecule has 0 aliphatic carbocycles. The van der Waals surface area contributed by atoms with E-state index in [9.17, 15) is 0 Å². The van der Waals surface area contributed by atoms with Gasteiger partial charge in [0.1, 0.15) is 5.82 Å². The molecule has 1 fully saturated rings. The molecule has 0 radical (unpaired) electrons. The molecule has 2 rings (SSSR count). The monoisotopic (exact) mass is 289 g/mol. The van der Waals surface area contributed by atoms with Crippen molar-refractivity contribution >= 4 is 5.82 Å². The molecule has 1 N–H and O–H groups in total. The van der Waals surface area contributed by atoms with E-state index < -0.39 is 0 Å². The molecule has 1 aliphatic rings. The quantitative estimate of drug-likeness (QED) is 0.895. The van der Waals surface area contributed by atoms with Crippen LogP contribution < -0.4 is 10.2 Å². The molecule has 3 nitrogen and oxygen atoms in total. The predicted molar refractivity (Wildman–Crippen MR) is 90.9 cm³/mol. The second-order valence-corrected chi connectivity index (χ2v) is 7.26. The van der Waals surface area contributed by atoms with E-state index in [1.54, 1.807) is 0 Å². The molecule has 2 heterocycles. The molecule has 21 heavy (non-hydrogen) atoms. The van der Waals surface area contributed by atoms with Crippen LogP contribution in [-0.4, -0.2) is 24.6 Å². The van der Waals surface area contributed by atoms with E-state index in [2.05, 4.69) is 57.0 Å². The molecule has 1 saturated heterocycles. The Kier molecular flexibility index (Phi) is 5.26. The lowest BCUT2D eigenvalue weighted by molar-refractivity contribution is 0.561. The summed E-state index contributed by atoms with van der Waals surface area (Å²) in [6.45, 7) is 15.4. The smallest absolute Gasteiger partial charge is 0.129 e. The van der Waals surface area contributed by atoms with Crippen molar-refractivity contribution in [3.63, 3.8) is 0 Å². The highest BCUT2D eigenvalue weighted by molar-refractivity contribution is 5.45. The Morgan fingerprint density at radius 1 is 1.29 bits per heavy atom. The number of aromatic nitrogens is 1. The minimum atomic E-state index is 0.0981. The SMILES string of the molecule is CCNCc1cc(N2CCC(CC)C2)nc(C(C)(C)C)c1. The van der Waals surface area contributed by atoms with Crippen LogP contribution in [0.4, 0.5) is 5.82 Å². The molecule has 0 aromatic carbocycles. The van der Waals surface area contributed by atoms with Crippen LogP contribution in [0.25, 0.3) is 0 Å². The first-order valence-electron chi connectivity index (χ1n) is 8.41. The maximum absolute atomic E-state index is 4.96. The summed E-state index contributed by atoms with van der Waals surface area (Å²) in [4.78, 5) is 7.43. The van der Waals surface area contributed by atoms with Gasteiger partial charge in [0.25, 0.3) is 0 Å². The Morgan fingerprint density at radius 2 is 2.05 bits per heavy atom. The van der Waals surface area contributed by atoms with Crippen LogP contribution in [0.5, 0.6) is 0 Å². The third-order valence-electron chi connectivity index (χ3n) is 4.41. The summed E-state index contributed by atoms with van der Waals surface area (Å²) in [6.07, 6.45) is 2.58. The van der Waals surface area contributed by atoms with Crippen molar-refractivity contribution in [2.45, 2.75) is 59.4 Å². The first-order chi connectivity index (χ1) is 9.94. The van der Waals surface area contributed by atoms with Gasteiger partial charge < -0.3 is 10.2 Å². The Balaban J connectivity index is 2.27. The molecular formula is C18H31N3. The van der Waals surface area contributed by atoms with Crippen molar-refractivity contribution in [1.82, 2.24) is 10.3 Å². The predicted octanol–water partition coefficient (Wildman–Crippen LogP) is 3.72. The molecule has 1 atom stereocenters. The number of pyridine rings is 1. The molecule has 0 spiro atoms. The van der Waals surface area contributed by atoms with Crippen molar-refractivity contribution in [1.29, 1.82) is 0 Å². The molecule has 118 valence electrons. The lowest BCUT2D eigenvalue weighted by Crippen LogP contribution is -2.24. The summed E-state index contributed by atoms with van der Waals surface area (Å²) in [7, 11) is 0. The minimum Gasteiger partial charge on any atom is -0.356 e. The van der Waals surface area contributed by atoms with E-state index in [-0.39, 0.29) is 5.41 Å². The van der Waals surface area contributed by atoms with E-state index >= 15 is 0 Å². The van der Waals surface area contributed by atoms with Gasteiger partial charge in [-0.1, -0.05) is 41.0 Å². The van der Waals surface area contributed by atoms with Gasteiger partial charge in [-0.3, -0.25) is 0 Å². The van der Waals surface area contributed by atoms with E-state index in [0.29, 0.717) is 0 Å². The van der Waals surface area contributed by atoms with Gasteiger partial charge in [-0.25, -0.2) is 4.98 Å². The molecule has 1 aromatic heterocycles. The standard InChI is InChI=1S/C18H31N3/c1-6-14-8-9-21(13-14)17-11-15(12-19-7-2)10-16(20-17)18(3,4)5/h10-11,14,19H,6-9,12-13H2,1-5H3. The van der Waals surface area contributed by atoms with Gasteiger partial charge in [-0.05, 0) is 36.6 Å². The summed E-state index contributed by atoms with van der Waals surface area (Å²) in [5.74, 6) is 2.01. The first kappa shape index (κ1) is 16.3. The fourth-order valence-electron chi connectivity index (χ4n) is 2.86. The van der Waals surface area contributed by atoms with Gasteiger partial charge in [0.15, 0.2) is 0 Å². The van der Waals surface area contributed by atoms with Crippen LogP contribution in [0.3, 0.4) is 0 Å². The average molecular weight is 289 g/mol. The number of hydrogen-bond donors (Lipinski definition) is 1. The van der Waals surface area contributed by atoms with Crippen LogP contribution in [-0.2, 0) is 12.0 Å². The summed E-state index contributed by atoms with van der Waals surface area (Å²) in [5.41, 5.74) is 2.65. The van der Waals surface area contributed by atoms with E-state index in [0.717, 1.165) is 32.1 Å². The van der Waals surface area contributed by atoms with Gasteiger partial charge in [0.05, 0.1) is 0 Å². The van der Waals surface area contributed by atoms with Crippen LogP contribution >= 0.6 is 0 Å². The minimum absolute atomic E-state index is 0.0981. The summed E-state index contributed by atoms with van der Waals surface area (Å²) >= 11 is 0. The first-order valence-corrected chi connectivity index (χ1v) is 8.41. The fourth-order valence-corrected chi connectivity index (χ4v) is 2.86. The van der Waals surface area contributed by atoms with Gasteiger partial charge in [-0.15, -0.1) is 0 Å². The molecule has 0 saturated carbocycles. The Hall–Kier alpha value is -1.09. The third kappa shape index (κ3) is 4.19. The third-order valence-corrected chi connectivity index (χ3v) is 4.41. The van der Waals surface area contributed by atoms with Crippen molar-refractivity contribution in [3.05, 3.63) is 23.4 Å². The topological polar surface area (TPSA) is 28.2 Å². The molecule has 1 aromatic rings. The fraction of sp³-hybridized carbons (Fsp3) is 0.722. The highest BCUT2D eigenvalue weighted by Crippen LogP contribution is 2.28. The van der Waals surface area contributed by atoms with Crippen LogP contribution in [0.2, 0.25) is 0 Å². The van der Waals surface area contributed by atoms with Crippen molar-refractivity contribution in [2.24, 2.45) is 5.92 Å². The molecule has 1 unspecified atom stereocenters. The zero-order valence-electron chi connectivity index (χ0n) is 14.4. The van der Waals surface area contributed by atoms with Crippen molar-refractivity contribution in [3.8, 4) is 0 Å². The highest BCUT2D eigenvalue weighted by Gasteiger charge is 2.24. The van der Waals surface area contributed by atoms with E-state index in [1.807, 2.05) is 0 Å². The zero-order valence-corrected chi connectivity index (χ0v) is 14.4. The van der Waals surface area contributed by atoms with E-state index in [1.165, 1.54) is 29.9 Å². The summed E-state index contributed by atoms with van der Waals surface area (Å²) in [5, 5.41) is 3.43. The largest absolute Gasteiger partial charge is 0.356 e. The number of hydrogen-bond acceptors (Lipinski definition) is 3. The zero-order chi connectivity index (χ0) is 15.5. The Bertz CT molecular complexity index is 462. The Morgan fingerprint density at radius 3 is 2.62 bits per heavy atom. The van der Waals surface area contributed by atoms with Crippen molar-refractivity contribution < 1.29 is 0 Å². The second kappa shape index (κ2) is 6.78. The van der Waals surface area contributed by atoms with Gasteiger partial charge >= 0.3 is 0 Å². The van der Waals surface area contributed by atoms with Gasteiger partial charge in [0, 0.05) is 30.7 Å². The van der Waals surface area contributed by atoms with E-state index in [4.69, 9.17) is 4.98 Å². The Labute approximate surface area is 130 Å². The van der Waals surface area contributed by atoms with Gasteiger partial charge in [-0.2, -0.15) is 0 Å². The van der Waals surface area contributed by atoms with Crippen molar-refractivity contribution in [2.75, 3.05) is 24.5 Å². The summed E-state index contributed by atoms with van der Waals surface area (Å²) in [6, 6.07) is 4.54. The molecular weight excluding hydrogens is 258 g/mol. The number of nitrogens with zero attached hydrogens (tertiary/aromatic N) is 2. The molecule has 1 aliphatic heterocycles. The second-order valence-electron chi connectivity index (χ2n) is 7.26. The van der Waals surface area contributed by atoms with Crippen LogP contribution in [0.1, 0.15) is 58.7 Å². The lowest BCUT2D eigenvalue weighted by atomic mass is 9.90. The lowest BCUT2D eigenvalue weighted by Gasteiger charge is -2.24. The van der Waals surface area contributed by atoms with Crippen LogP contribution in [0.15, 0.2) is 12.1 Å². The number of rotatable bonds is 5. The molecule has 0 amide bonds. The van der Waals surface area contributed by atoms with Crippen LogP contribution in [0, 0.1) is 5.92 Å². The average Bonchev–Trinajstić information content (AvgIpc) is 2.93.